The number of rotatable bonds is 2. The average Bonchev–Trinajstić information content (AvgIpc) is 2.58. The molecule has 0 aliphatic carbocycles. The molecule has 2 aromatic carbocycles. The Bertz CT molecular complexity index is 662. The fraction of sp³-hybridized carbons (Fsp3) is 0.278. The molecule has 2 amide bonds. The molecule has 0 radical (unpaired) electrons. The molecule has 1 N–H and O–H groups in total. The van der Waals surface area contributed by atoms with Crippen LogP contribution in [0.25, 0.3) is 0 Å². The number of halogens is 2. The largest absolute Gasteiger partial charge is 0.324 e. The molecule has 3 nitrogen and oxygen atoms in total. The maximum Gasteiger partial charge on any atom is 0.321 e. The van der Waals surface area contributed by atoms with Gasteiger partial charge < -0.3 is 10.2 Å². The molecule has 1 heterocycles. The molecule has 0 saturated carbocycles. The minimum atomic E-state index is -0.0538. The Kier molecular flexibility index (Phi) is 5.09. The molecule has 1 aliphatic heterocycles. The Labute approximate surface area is 146 Å². The second-order valence-electron chi connectivity index (χ2n) is 5.75. The van der Waals surface area contributed by atoms with Gasteiger partial charge in [0.1, 0.15) is 0 Å². The summed E-state index contributed by atoms with van der Waals surface area (Å²) in [6.45, 7) is 1.51. The Morgan fingerprint density at radius 1 is 0.913 bits per heavy atom. The summed E-state index contributed by atoms with van der Waals surface area (Å²) < 4.78 is 0. The van der Waals surface area contributed by atoms with E-state index in [0.29, 0.717) is 10.9 Å². The van der Waals surface area contributed by atoms with E-state index < -0.39 is 0 Å². The maximum atomic E-state index is 12.3. The maximum absolute atomic E-state index is 12.3. The molecule has 3 rings (SSSR count). The Balaban J connectivity index is 1.54. The number of amides is 2. The number of likely N-dealkylation sites (tertiary alicyclic amines) is 1. The number of carbonyl (C=O) groups is 1. The molecule has 5 heteroatoms. The monoisotopic (exact) mass is 348 g/mol. The second kappa shape index (κ2) is 7.24. The van der Waals surface area contributed by atoms with Gasteiger partial charge >= 0.3 is 6.03 Å². The van der Waals surface area contributed by atoms with Crippen molar-refractivity contribution in [3.8, 4) is 0 Å². The fourth-order valence-corrected chi connectivity index (χ4v) is 3.14. The van der Waals surface area contributed by atoms with Crippen LogP contribution in [0.3, 0.4) is 0 Å². The van der Waals surface area contributed by atoms with E-state index >= 15 is 0 Å². The molecular weight excluding hydrogens is 331 g/mol. The SMILES string of the molecule is O=C(Nc1ccc(Cl)cc1)N1CCC(c2ccc(Cl)cc2)CC1. The summed E-state index contributed by atoms with van der Waals surface area (Å²) in [5.74, 6) is 0.492. The predicted octanol–water partition coefficient (Wildman–Crippen LogP) is 5.40. The molecule has 120 valence electrons. The van der Waals surface area contributed by atoms with Crippen LogP contribution in [0.2, 0.25) is 10.0 Å². The van der Waals surface area contributed by atoms with E-state index in [2.05, 4.69) is 17.4 Å². The first-order valence-corrected chi connectivity index (χ1v) is 8.44. The molecule has 1 fully saturated rings. The molecule has 0 aromatic heterocycles. The van der Waals surface area contributed by atoms with E-state index in [9.17, 15) is 4.79 Å². The lowest BCUT2D eigenvalue weighted by Gasteiger charge is -2.32. The van der Waals surface area contributed by atoms with Crippen LogP contribution in [-0.4, -0.2) is 24.0 Å². The van der Waals surface area contributed by atoms with Gasteiger partial charge in [0, 0.05) is 28.8 Å². The van der Waals surface area contributed by atoms with Gasteiger partial charge in [0.05, 0.1) is 0 Å². The van der Waals surface area contributed by atoms with Gasteiger partial charge in [-0.3, -0.25) is 0 Å². The van der Waals surface area contributed by atoms with Gasteiger partial charge in [0.25, 0.3) is 0 Å². The quantitative estimate of drug-likeness (QED) is 0.773. The van der Waals surface area contributed by atoms with Crippen molar-refractivity contribution in [1.29, 1.82) is 0 Å². The minimum absolute atomic E-state index is 0.0538. The highest BCUT2D eigenvalue weighted by Gasteiger charge is 2.23. The number of piperidine rings is 1. The fourth-order valence-electron chi connectivity index (χ4n) is 2.89. The number of carbonyl (C=O) groups excluding carboxylic acids is 1. The zero-order valence-corrected chi connectivity index (χ0v) is 14.1. The van der Waals surface area contributed by atoms with E-state index in [4.69, 9.17) is 23.2 Å². The van der Waals surface area contributed by atoms with E-state index in [1.807, 2.05) is 17.0 Å². The van der Waals surface area contributed by atoms with Crippen LogP contribution in [0.5, 0.6) is 0 Å². The van der Waals surface area contributed by atoms with Crippen molar-refractivity contribution in [1.82, 2.24) is 4.90 Å². The summed E-state index contributed by atoms with van der Waals surface area (Å²) in [6, 6.07) is 15.1. The lowest BCUT2D eigenvalue weighted by atomic mass is 9.89. The van der Waals surface area contributed by atoms with Gasteiger partial charge in [-0.1, -0.05) is 35.3 Å². The topological polar surface area (TPSA) is 32.3 Å². The third-order valence-electron chi connectivity index (χ3n) is 4.22. The van der Waals surface area contributed by atoms with Crippen LogP contribution in [-0.2, 0) is 0 Å². The van der Waals surface area contributed by atoms with Crippen molar-refractivity contribution in [2.45, 2.75) is 18.8 Å². The molecule has 0 unspecified atom stereocenters. The Morgan fingerprint density at radius 3 is 2.00 bits per heavy atom. The first-order chi connectivity index (χ1) is 11.1. The van der Waals surface area contributed by atoms with Crippen molar-refractivity contribution < 1.29 is 4.79 Å². The van der Waals surface area contributed by atoms with Crippen LogP contribution in [0, 0.1) is 0 Å². The molecule has 0 bridgehead atoms. The summed E-state index contributed by atoms with van der Waals surface area (Å²) in [7, 11) is 0. The predicted molar refractivity (Wildman–Crippen MR) is 95.5 cm³/mol. The molecule has 0 spiro atoms. The highest BCUT2D eigenvalue weighted by molar-refractivity contribution is 6.30. The number of anilines is 1. The van der Waals surface area contributed by atoms with Crippen molar-refractivity contribution in [2.75, 3.05) is 18.4 Å². The molecule has 2 aromatic rings. The van der Waals surface area contributed by atoms with E-state index in [-0.39, 0.29) is 6.03 Å². The number of benzene rings is 2. The van der Waals surface area contributed by atoms with Crippen molar-refractivity contribution in [3.05, 3.63) is 64.1 Å². The lowest BCUT2D eigenvalue weighted by molar-refractivity contribution is 0.194. The van der Waals surface area contributed by atoms with Crippen LogP contribution in [0.4, 0.5) is 10.5 Å². The molecular formula is C18H18Cl2N2O. The van der Waals surface area contributed by atoms with E-state index in [1.54, 1.807) is 24.3 Å². The van der Waals surface area contributed by atoms with Crippen molar-refractivity contribution >= 4 is 34.9 Å². The van der Waals surface area contributed by atoms with Crippen LogP contribution in [0.15, 0.2) is 48.5 Å². The number of nitrogens with zero attached hydrogens (tertiary/aromatic N) is 1. The third-order valence-corrected chi connectivity index (χ3v) is 4.72. The van der Waals surface area contributed by atoms with Gasteiger partial charge in [-0.05, 0) is 60.7 Å². The zero-order valence-electron chi connectivity index (χ0n) is 12.6. The number of hydrogen-bond acceptors (Lipinski definition) is 1. The summed E-state index contributed by atoms with van der Waals surface area (Å²) in [5, 5.41) is 4.33. The first-order valence-electron chi connectivity index (χ1n) is 7.69. The Morgan fingerprint density at radius 2 is 1.43 bits per heavy atom. The lowest BCUT2D eigenvalue weighted by Crippen LogP contribution is -2.40. The standard InChI is InChI=1S/C18H18Cl2N2O/c19-15-3-1-13(2-4-15)14-9-11-22(12-10-14)18(23)21-17-7-5-16(20)6-8-17/h1-8,14H,9-12H2,(H,21,23). The summed E-state index contributed by atoms with van der Waals surface area (Å²) in [4.78, 5) is 14.2. The summed E-state index contributed by atoms with van der Waals surface area (Å²) in [6.07, 6.45) is 1.94. The molecule has 1 aliphatic rings. The van der Waals surface area contributed by atoms with Crippen LogP contribution < -0.4 is 5.32 Å². The number of urea groups is 1. The molecule has 1 saturated heterocycles. The first kappa shape index (κ1) is 16.2. The second-order valence-corrected chi connectivity index (χ2v) is 6.62. The van der Waals surface area contributed by atoms with Gasteiger partial charge in [-0.15, -0.1) is 0 Å². The van der Waals surface area contributed by atoms with Gasteiger partial charge in [0.15, 0.2) is 0 Å². The summed E-state index contributed by atoms with van der Waals surface area (Å²) >= 11 is 11.8. The molecule has 23 heavy (non-hydrogen) atoms. The van der Waals surface area contributed by atoms with Gasteiger partial charge in [0.2, 0.25) is 0 Å². The minimum Gasteiger partial charge on any atom is -0.324 e. The summed E-state index contributed by atoms with van der Waals surface area (Å²) in [5.41, 5.74) is 2.06. The number of nitrogens with one attached hydrogen (secondary N) is 1. The van der Waals surface area contributed by atoms with Gasteiger partial charge in [-0.2, -0.15) is 0 Å². The van der Waals surface area contributed by atoms with Crippen molar-refractivity contribution in [3.63, 3.8) is 0 Å². The number of hydrogen-bond donors (Lipinski definition) is 1. The zero-order chi connectivity index (χ0) is 16.2. The van der Waals surface area contributed by atoms with E-state index in [1.165, 1.54) is 5.56 Å². The molecule has 0 atom stereocenters. The third kappa shape index (κ3) is 4.18. The normalized spacial score (nSPS) is 15.5. The smallest absolute Gasteiger partial charge is 0.321 e. The Hall–Kier alpha value is -1.71. The highest BCUT2D eigenvalue weighted by Crippen LogP contribution is 2.29. The van der Waals surface area contributed by atoms with Crippen LogP contribution >= 0.6 is 23.2 Å². The highest BCUT2D eigenvalue weighted by atomic mass is 35.5. The van der Waals surface area contributed by atoms with E-state index in [0.717, 1.165) is 36.6 Å². The average molecular weight is 349 g/mol. The van der Waals surface area contributed by atoms with Gasteiger partial charge in [-0.25, -0.2) is 4.79 Å². The van der Waals surface area contributed by atoms with Crippen LogP contribution in [0.1, 0.15) is 24.3 Å². The van der Waals surface area contributed by atoms with Crippen molar-refractivity contribution in [2.24, 2.45) is 0 Å².